The molecule has 0 amide bonds. The minimum Gasteiger partial charge on any atom is -0.372 e. The molecule has 1 aliphatic rings. The zero-order valence-electron chi connectivity index (χ0n) is 18.6. The Labute approximate surface area is 202 Å². The maximum atomic E-state index is 7.17. The second-order valence-corrected chi connectivity index (χ2v) is 9.35. The zero-order chi connectivity index (χ0) is 22.9. The Kier molecular flexibility index (Phi) is 5.88. The number of para-hydroxylation sites is 1. The number of halogens is 1. The predicted octanol–water partition coefficient (Wildman–Crippen LogP) is 7.50. The van der Waals surface area contributed by atoms with Gasteiger partial charge in [-0.15, -0.1) is 0 Å². The van der Waals surface area contributed by atoms with Crippen molar-refractivity contribution in [3.63, 3.8) is 0 Å². The van der Waals surface area contributed by atoms with Gasteiger partial charge >= 0.3 is 0 Å². The summed E-state index contributed by atoms with van der Waals surface area (Å²) in [4.78, 5) is 10.7. The molecule has 1 fully saturated rings. The number of rotatable bonds is 3. The number of pyridine rings is 1. The third-order valence-corrected chi connectivity index (χ3v) is 6.96. The van der Waals surface area contributed by atoms with Crippen LogP contribution >= 0.6 is 15.9 Å². The average Bonchev–Trinajstić information content (AvgIpc) is 2.84. The van der Waals surface area contributed by atoms with Gasteiger partial charge in [0.25, 0.3) is 0 Å². The van der Waals surface area contributed by atoms with Gasteiger partial charge in [-0.05, 0) is 53.0 Å². The highest BCUT2D eigenvalue weighted by molar-refractivity contribution is 9.10. The summed E-state index contributed by atoms with van der Waals surface area (Å²) in [7, 11) is 0. The molecule has 2 heterocycles. The first kappa shape index (κ1) is 21.6. The fraction of sp³-hybridized carbons (Fsp3) is 0.214. The van der Waals surface area contributed by atoms with Gasteiger partial charge in [-0.25, -0.2) is 4.85 Å². The monoisotopic (exact) mass is 497 g/mol. The number of morpholine rings is 1. The van der Waals surface area contributed by atoms with Crippen molar-refractivity contribution in [3.8, 4) is 22.3 Å². The van der Waals surface area contributed by atoms with Gasteiger partial charge in [0, 0.05) is 46.0 Å². The van der Waals surface area contributed by atoms with Crippen molar-refractivity contribution in [1.82, 2.24) is 4.98 Å². The van der Waals surface area contributed by atoms with Crippen molar-refractivity contribution in [3.05, 3.63) is 88.8 Å². The Morgan fingerprint density at radius 1 is 0.909 bits per heavy atom. The lowest BCUT2D eigenvalue weighted by Crippen LogP contribution is -2.45. The molecule has 0 unspecified atom stereocenters. The second kappa shape index (κ2) is 8.97. The molecule has 3 aromatic carbocycles. The van der Waals surface area contributed by atoms with Gasteiger partial charge in [-0.1, -0.05) is 54.6 Å². The third-order valence-electron chi connectivity index (χ3n) is 6.10. The van der Waals surface area contributed by atoms with Crippen LogP contribution < -0.4 is 4.90 Å². The van der Waals surface area contributed by atoms with Crippen molar-refractivity contribution < 1.29 is 4.74 Å². The SMILES string of the molecule is [C-]#[N+]c1ccc(-c2cccc3c(Br)c(-c4ccc(N5C[C@@H](C)O[C@@H](C)C5)cc4)cnc23)cc1. The Balaban J connectivity index is 1.49. The standard InChI is InChI=1S/C28H24BrN3O/c1-18-16-32(17-19(2)33-18)23-13-9-21(10-14-23)26-15-31-28-24(5-4-6-25(28)27(26)29)20-7-11-22(30-3)12-8-20/h4-15,18-19H,16-17H2,1-2H3/t18-,19+. The van der Waals surface area contributed by atoms with E-state index >= 15 is 0 Å². The van der Waals surface area contributed by atoms with Gasteiger partial charge in [0.15, 0.2) is 5.69 Å². The summed E-state index contributed by atoms with van der Waals surface area (Å²) < 4.78 is 6.91. The van der Waals surface area contributed by atoms with E-state index < -0.39 is 0 Å². The quantitative estimate of drug-likeness (QED) is 0.274. The molecule has 0 radical (unpaired) electrons. The van der Waals surface area contributed by atoms with E-state index in [1.165, 1.54) is 5.69 Å². The number of anilines is 1. The minimum atomic E-state index is 0.235. The number of benzene rings is 3. The Morgan fingerprint density at radius 2 is 1.55 bits per heavy atom. The van der Waals surface area contributed by atoms with Crippen LogP contribution in [0, 0.1) is 6.57 Å². The van der Waals surface area contributed by atoms with Crippen LogP contribution in [0.25, 0.3) is 38.0 Å². The number of ether oxygens (including phenoxy) is 1. The lowest BCUT2D eigenvalue weighted by Gasteiger charge is -2.36. The molecular weight excluding hydrogens is 474 g/mol. The van der Waals surface area contributed by atoms with Crippen LogP contribution in [0.15, 0.2) is 77.4 Å². The van der Waals surface area contributed by atoms with Gasteiger partial charge in [0.1, 0.15) is 0 Å². The summed E-state index contributed by atoms with van der Waals surface area (Å²) in [5.41, 5.74) is 7.10. The molecule has 1 aromatic heterocycles. The van der Waals surface area contributed by atoms with Gasteiger partial charge in [0.05, 0.1) is 24.3 Å². The summed E-state index contributed by atoms with van der Waals surface area (Å²) in [6, 6.07) is 22.6. The first-order valence-corrected chi connectivity index (χ1v) is 11.9. The molecule has 0 aliphatic carbocycles. The first-order valence-electron chi connectivity index (χ1n) is 11.1. The molecule has 1 saturated heterocycles. The van der Waals surface area contributed by atoms with E-state index in [-0.39, 0.29) is 12.2 Å². The molecule has 33 heavy (non-hydrogen) atoms. The molecule has 0 spiro atoms. The van der Waals surface area contributed by atoms with Crippen molar-refractivity contribution in [2.75, 3.05) is 18.0 Å². The van der Waals surface area contributed by atoms with Crippen LogP contribution in [-0.2, 0) is 4.74 Å². The molecule has 2 atom stereocenters. The Hall–Kier alpha value is -3.20. The summed E-state index contributed by atoms with van der Waals surface area (Å²) in [6.45, 7) is 13.2. The van der Waals surface area contributed by atoms with E-state index in [2.05, 4.69) is 82.0 Å². The molecule has 5 heteroatoms. The van der Waals surface area contributed by atoms with Crippen molar-refractivity contribution in [2.45, 2.75) is 26.1 Å². The molecule has 5 rings (SSSR count). The van der Waals surface area contributed by atoms with Crippen LogP contribution in [0.3, 0.4) is 0 Å². The largest absolute Gasteiger partial charge is 0.372 e. The number of nitrogens with zero attached hydrogens (tertiary/aromatic N) is 3. The molecule has 4 nitrogen and oxygen atoms in total. The Bertz CT molecular complexity index is 1330. The highest BCUT2D eigenvalue weighted by Gasteiger charge is 2.22. The summed E-state index contributed by atoms with van der Waals surface area (Å²) in [5, 5.41) is 1.07. The predicted molar refractivity (Wildman–Crippen MR) is 139 cm³/mol. The van der Waals surface area contributed by atoms with E-state index in [1.54, 1.807) is 0 Å². The van der Waals surface area contributed by atoms with E-state index in [1.807, 2.05) is 30.5 Å². The van der Waals surface area contributed by atoms with Crippen LogP contribution in [0.1, 0.15) is 13.8 Å². The summed E-state index contributed by atoms with van der Waals surface area (Å²) in [6.07, 6.45) is 2.41. The molecule has 0 bridgehead atoms. The van der Waals surface area contributed by atoms with E-state index in [9.17, 15) is 0 Å². The molecule has 0 N–H and O–H groups in total. The third kappa shape index (κ3) is 4.25. The van der Waals surface area contributed by atoms with Gasteiger partial charge in [-0.3, -0.25) is 4.98 Å². The second-order valence-electron chi connectivity index (χ2n) is 8.56. The number of hydrogen-bond donors (Lipinski definition) is 0. The molecule has 4 aromatic rings. The lowest BCUT2D eigenvalue weighted by molar-refractivity contribution is -0.00521. The topological polar surface area (TPSA) is 29.7 Å². The van der Waals surface area contributed by atoms with Gasteiger partial charge < -0.3 is 9.64 Å². The summed E-state index contributed by atoms with van der Waals surface area (Å²) >= 11 is 3.85. The van der Waals surface area contributed by atoms with Gasteiger partial charge in [-0.2, -0.15) is 0 Å². The maximum Gasteiger partial charge on any atom is 0.187 e. The maximum absolute atomic E-state index is 7.17. The highest BCUT2D eigenvalue weighted by atomic mass is 79.9. The fourth-order valence-corrected chi connectivity index (χ4v) is 5.23. The van der Waals surface area contributed by atoms with Crippen LogP contribution in [0.2, 0.25) is 0 Å². The van der Waals surface area contributed by atoms with Crippen LogP contribution in [0.4, 0.5) is 11.4 Å². The number of hydrogen-bond acceptors (Lipinski definition) is 3. The van der Waals surface area contributed by atoms with Crippen molar-refractivity contribution >= 4 is 38.2 Å². The first-order chi connectivity index (χ1) is 16.0. The molecule has 164 valence electrons. The minimum absolute atomic E-state index is 0.235. The molecule has 0 saturated carbocycles. The lowest BCUT2D eigenvalue weighted by atomic mass is 9.99. The zero-order valence-corrected chi connectivity index (χ0v) is 20.2. The number of fused-ring (bicyclic) bond motifs is 1. The van der Waals surface area contributed by atoms with E-state index in [0.29, 0.717) is 5.69 Å². The van der Waals surface area contributed by atoms with Crippen LogP contribution in [0.5, 0.6) is 0 Å². The number of aromatic nitrogens is 1. The van der Waals surface area contributed by atoms with Crippen molar-refractivity contribution in [1.29, 1.82) is 0 Å². The van der Waals surface area contributed by atoms with Gasteiger partial charge in [0.2, 0.25) is 0 Å². The molecule has 1 aliphatic heterocycles. The molecular formula is C28H24BrN3O. The van der Waals surface area contributed by atoms with E-state index in [4.69, 9.17) is 16.3 Å². The highest BCUT2D eigenvalue weighted by Crippen LogP contribution is 2.38. The Morgan fingerprint density at radius 3 is 2.21 bits per heavy atom. The fourth-order valence-electron chi connectivity index (χ4n) is 4.58. The normalized spacial score (nSPS) is 18.3. The smallest absolute Gasteiger partial charge is 0.187 e. The van der Waals surface area contributed by atoms with Crippen molar-refractivity contribution in [2.24, 2.45) is 0 Å². The summed E-state index contributed by atoms with van der Waals surface area (Å²) in [5.74, 6) is 0. The van der Waals surface area contributed by atoms with Crippen LogP contribution in [-0.4, -0.2) is 30.3 Å². The van der Waals surface area contributed by atoms with E-state index in [0.717, 1.165) is 50.7 Å². The average molecular weight is 498 g/mol.